The van der Waals surface area contributed by atoms with Crippen molar-refractivity contribution in [2.24, 2.45) is 0 Å². The fraction of sp³-hybridized carbons (Fsp3) is 0.143. The summed E-state index contributed by atoms with van der Waals surface area (Å²) in [6.45, 7) is 0. The van der Waals surface area contributed by atoms with Gasteiger partial charge >= 0.3 is 6.18 Å². The summed E-state index contributed by atoms with van der Waals surface area (Å²) in [5, 5.41) is 10.1. The Hall–Kier alpha value is -1.40. The maximum atomic E-state index is 13.0. The average molecular weight is 349 g/mol. The summed E-state index contributed by atoms with van der Waals surface area (Å²) >= 11 is 3.20. The highest BCUT2D eigenvalue weighted by molar-refractivity contribution is 9.10. The van der Waals surface area contributed by atoms with Gasteiger partial charge in [0, 0.05) is 4.47 Å². The zero-order valence-electron chi connectivity index (χ0n) is 9.96. The van der Waals surface area contributed by atoms with Gasteiger partial charge in [-0.2, -0.15) is 13.2 Å². The Morgan fingerprint density at radius 1 is 1.00 bits per heavy atom. The molecule has 0 amide bonds. The molecule has 0 fully saturated rings. The average Bonchev–Trinajstić information content (AvgIpc) is 2.38. The van der Waals surface area contributed by atoms with Gasteiger partial charge in [0.2, 0.25) is 0 Å². The van der Waals surface area contributed by atoms with Crippen LogP contribution in [0.1, 0.15) is 22.8 Å². The molecule has 1 atom stereocenters. The van der Waals surface area contributed by atoms with Gasteiger partial charge in [-0.15, -0.1) is 0 Å². The molecular weight excluding hydrogens is 340 g/mol. The molecule has 1 nitrogen and oxygen atoms in total. The van der Waals surface area contributed by atoms with Gasteiger partial charge in [0.05, 0.1) is 5.56 Å². The zero-order chi connectivity index (χ0) is 14.9. The van der Waals surface area contributed by atoms with E-state index < -0.39 is 23.7 Å². The van der Waals surface area contributed by atoms with Gasteiger partial charge in [0.15, 0.2) is 0 Å². The number of alkyl halides is 3. The van der Waals surface area contributed by atoms with E-state index in [4.69, 9.17) is 0 Å². The van der Waals surface area contributed by atoms with E-state index in [2.05, 4.69) is 15.9 Å². The Labute approximate surface area is 121 Å². The van der Waals surface area contributed by atoms with Crippen LogP contribution in [0.4, 0.5) is 17.6 Å². The summed E-state index contributed by atoms with van der Waals surface area (Å²) < 4.78 is 52.4. The van der Waals surface area contributed by atoms with Crippen LogP contribution in [0.2, 0.25) is 0 Å². The van der Waals surface area contributed by atoms with Gasteiger partial charge in [0.1, 0.15) is 11.9 Å². The van der Waals surface area contributed by atoms with Crippen molar-refractivity contribution in [3.05, 3.63) is 69.4 Å². The van der Waals surface area contributed by atoms with Gasteiger partial charge in [-0.05, 0) is 35.4 Å². The molecule has 0 aliphatic carbocycles. The van der Waals surface area contributed by atoms with E-state index >= 15 is 0 Å². The highest BCUT2D eigenvalue weighted by Gasteiger charge is 2.35. The molecule has 0 aliphatic heterocycles. The molecule has 0 aliphatic rings. The molecule has 0 radical (unpaired) electrons. The molecule has 2 aromatic carbocycles. The summed E-state index contributed by atoms with van der Waals surface area (Å²) in [5.74, 6) is -0.996. The van der Waals surface area contributed by atoms with Crippen molar-refractivity contribution < 1.29 is 22.7 Å². The third-order valence-electron chi connectivity index (χ3n) is 2.80. The summed E-state index contributed by atoms with van der Waals surface area (Å²) in [6, 6.07) is 8.44. The monoisotopic (exact) mass is 348 g/mol. The standard InChI is InChI=1S/C14H9BrF4O/c15-9-3-1-8(2-4-9)13(20)11-6-5-10(16)7-12(11)14(17,18)19/h1-7,13,20H. The molecule has 106 valence electrons. The molecule has 2 aromatic rings. The number of hydrogen-bond acceptors (Lipinski definition) is 1. The minimum absolute atomic E-state index is 0.297. The van der Waals surface area contributed by atoms with Crippen molar-refractivity contribution >= 4 is 15.9 Å². The fourth-order valence-corrected chi connectivity index (χ4v) is 2.10. The molecule has 0 aromatic heterocycles. The molecular formula is C14H9BrF4O. The van der Waals surface area contributed by atoms with Gasteiger partial charge in [-0.3, -0.25) is 0 Å². The second-order valence-corrected chi connectivity index (χ2v) is 5.10. The SMILES string of the molecule is OC(c1ccc(Br)cc1)c1ccc(F)cc1C(F)(F)F. The lowest BCUT2D eigenvalue weighted by atomic mass is 9.96. The van der Waals surface area contributed by atoms with Crippen molar-refractivity contribution in [3.8, 4) is 0 Å². The fourth-order valence-electron chi connectivity index (χ4n) is 1.84. The largest absolute Gasteiger partial charge is 0.416 e. The molecule has 1 unspecified atom stereocenters. The van der Waals surface area contributed by atoms with E-state index in [0.29, 0.717) is 11.6 Å². The van der Waals surface area contributed by atoms with Crippen molar-refractivity contribution in [2.75, 3.05) is 0 Å². The van der Waals surface area contributed by atoms with Crippen molar-refractivity contribution in [1.29, 1.82) is 0 Å². The van der Waals surface area contributed by atoms with Crippen LogP contribution in [0.25, 0.3) is 0 Å². The van der Waals surface area contributed by atoms with Crippen LogP contribution in [-0.4, -0.2) is 5.11 Å². The molecule has 2 rings (SSSR count). The van der Waals surface area contributed by atoms with Crippen LogP contribution >= 0.6 is 15.9 Å². The van der Waals surface area contributed by atoms with E-state index in [1.807, 2.05) is 0 Å². The lowest BCUT2D eigenvalue weighted by Gasteiger charge is -2.18. The predicted octanol–water partition coefficient (Wildman–Crippen LogP) is 4.69. The smallest absolute Gasteiger partial charge is 0.384 e. The van der Waals surface area contributed by atoms with Crippen molar-refractivity contribution in [3.63, 3.8) is 0 Å². The van der Waals surface area contributed by atoms with E-state index in [-0.39, 0.29) is 5.56 Å². The molecule has 20 heavy (non-hydrogen) atoms. The lowest BCUT2D eigenvalue weighted by Crippen LogP contribution is -2.13. The van der Waals surface area contributed by atoms with E-state index in [9.17, 15) is 22.7 Å². The van der Waals surface area contributed by atoms with Crippen LogP contribution in [0.5, 0.6) is 0 Å². The molecule has 0 saturated carbocycles. The quantitative estimate of drug-likeness (QED) is 0.780. The first-order chi connectivity index (χ1) is 9.29. The summed E-state index contributed by atoms with van der Waals surface area (Å²) in [5.41, 5.74) is -1.25. The highest BCUT2D eigenvalue weighted by atomic mass is 79.9. The molecule has 1 N–H and O–H groups in total. The van der Waals surface area contributed by atoms with E-state index in [1.54, 1.807) is 12.1 Å². The lowest BCUT2D eigenvalue weighted by molar-refractivity contribution is -0.139. The number of rotatable bonds is 2. The Bertz CT molecular complexity index is 608. The summed E-state index contributed by atoms with van der Waals surface area (Å²) in [6.07, 6.45) is -6.20. The number of hydrogen-bond donors (Lipinski definition) is 1. The van der Waals surface area contributed by atoms with Crippen LogP contribution in [0.15, 0.2) is 46.9 Å². The van der Waals surface area contributed by atoms with Crippen LogP contribution in [-0.2, 0) is 6.18 Å². The first kappa shape index (κ1) is 15.0. The van der Waals surface area contributed by atoms with Crippen LogP contribution in [0.3, 0.4) is 0 Å². The maximum Gasteiger partial charge on any atom is 0.416 e. The van der Waals surface area contributed by atoms with Crippen LogP contribution < -0.4 is 0 Å². The van der Waals surface area contributed by atoms with Gasteiger partial charge in [-0.25, -0.2) is 4.39 Å². The Kier molecular flexibility index (Phi) is 4.15. The van der Waals surface area contributed by atoms with E-state index in [0.717, 1.165) is 16.6 Å². The zero-order valence-corrected chi connectivity index (χ0v) is 11.5. The first-order valence-electron chi connectivity index (χ1n) is 5.59. The second-order valence-electron chi connectivity index (χ2n) is 4.18. The van der Waals surface area contributed by atoms with Gasteiger partial charge in [0.25, 0.3) is 0 Å². The summed E-state index contributed by atoms with van der Waals surface area (Å²) in [7, 11) is 0. The molecule has 0 bridgehead atoms. The first-order valence-corrected chi connectivity index (χ1v) is 6.38. The Morgan fingerprint density at radius 2 is 1.60 bits per heavy atom. The highest BCUT2D eigenvalue weighted by Crippen LogP contribution is 2.37. The summed E-state index contributed by atoms with van der Waals surface area (Å²) in [4.78, 5) is 0. The van der Waals surface area contributed by atoms with Crippen molar-refractivity contribution in [2.45, 2.75) is 12.3 Å². The minimum atomic E-state index is -4.73. The van der Waals surface area contributed by atoms with E-state index in [1.165, 1.54) is 12.1 Å². The Morgan fingerprint density at radius 3 is 2.15 bits per heavy atom. The molecule has 6 heteroatoms. The van der Waals surface area contributed by atoms with Crippen molar-refractivity contribution in [1.82, 2.24) is 0 Å². The second kappa shape index (κ2) is 5.54. The van der Waals surface area contributed by atoms with Crippen LogP contribution in [0, 0.1) is 5.82 Å². The maximum absolute atomic E-state index is 13.0. The predicted molar refractivity (Wildman–Crippen MR) is 69.6 cm³/mol. The number of halogens is 5. The third kappa shape index (κ3) is 3.19. The third-order valence-corrected chi connectivity index (χ3v) is 3.33. The number of aliphatic hydroxyl groups excluding tert-OH is 1. The van der Waals surface area contributed by atoms with Gasteiger partial charge in [-0.1, -0.05) is 34.1 Å². The number of aliphatic hydroxyl groups is 1. The molecule has 0 heterocycles. The Balaban J connectivity index is 2.49. The molecule has 0 spiro atoms. The van der Waals surface area contributed by atoms with Gasteiger partial charge < -0.3 is 5.11 Å². The molecule has 0 saturated heterocycles. The minimum Gasteiger partial charge on any atom is -0.384 e. The topological polar surface area (TPSA) is 20.2 Å². The normalized spacial score (nSPS) is 13.3. The number of benzene rings is 2.